The minimum absolute atomic E-state index is 0.317. The van der Waals surface area contributed by atoms with Crippen molar-refractivity contribution >= 4 is 0 Å². The van der Waals surface area contributed by atoms with Crippen LogP contribution in [0.5, 0.6) is 5.75 Å². The van der Waals surface area contributed by atoms with Crippen molar-refractivity contribution in [2.45, 2.75) is 19.6 Å². The Morgan fingerprint density at radius 1 is 1.33 bits per heavy atom. The molecule has 0 aliphatic heterocycles. The van der Waals surface area contributed by atoms with E-state index in [1.807, 2.05) is 18.2 Å². The number of benzene rings is 1. The van der Waals surface area contributed by atoms with E-state index in [-0.39, 0.29) is 11.9 Å². The molecule has 1 atom stereocenters. The number of hydrogen-bond acceptors (Lipinski definition) is 3. The summed E-state index contributed by atoms with van der Waals surface area (Å²) in [6, 6.07) is 9.95. The molecular weight excluding hydrogens is 231 g/mol. The topological polar surface area (TPSA) is 48.1 Å². The molecular formula is C14H15FN2O. The fraction of sp³-hybridized carbons (Fsp3) is 0.214. The minimum atomic E-state index is -0.344. The van der Waals surface area contributed by atoms with Crippen LogP contribution < -0.4 is 10.5 Å². The fourth-order valence-corrected chi connectivity index (χ4v) is 1.61. The van der Waals surface area contributed by atoms with Gasteiger partial charge in [0.15, 0.2) is 0 Å². The smallest absolute Gasteiger partial charge is 0.131 e. The Labute approximate surface area is 105 Å². The molecule has 18 heavy (non-hydrogen) atoms. The van der Waals surface area contributed by atoms with Gasteiger partial charge in [0.25, 0.3) is 0 Å². The molecule has 0 aliphatic carbocycles. The predicted molar refractivity (Wildman–Crippen MR) is 67.6 cm³/mol. The van der Waals surface area contributed by atoms with Gasteiger partial charge in [-0.05, 0) is 25.1 Å². The van der Waals surface area contributed by atoms with E-state index in [2.05, 4.69) is 4.98 Å². The highest BCUT2D eigenvalue weighted by Gasteiger charge is 2.08. The lowest BCUT2D eigenvalue weighted by Crippen LogP contribution is -2.07. The molecule has 2 N–H and O–H groups in total. The van der Waals surface area contributed by atoms with Crippen molar-refractivity contribution in [2.75, 3.05) is 0 Å². The van der Waals surface area contributed by atoms with Gasteiger partial charge < -0.3 is 10.5 Å². The fourth-order valence-electron chi connectivity index (χ4n) is 1.61. The maximum atomic E-state index is 13.7. The maximum Gasteiger partial charge on any atom is 0.131 e. The van der Waals surface area contributed by atoms with Gasteiger partial charge in [0, 0.05) is 23.9 Å². The van der Waals surface area contributed by atoms with Gasteiger partial charge in [-0.3, -0.25) is 4.98 Å². The second-order valence-corrected chi connectivity index (χ2v) is 4.08. The van der Waals surface area contributed by atoms with Gasteiger partial charge in [0.2, 0.25) is 0 Å². The molecule has 1 heterocycles. The highest BCUT2D eigenvalue weighted by atomic mass is 19.1. The van der Waals surface area contributed by atoms with Crippen LogP contribution in [0.15, 0.2) is 42.6 Å². The lowest BCUT2D eigenvalue weighted by Gasteiger charge is -2.10. The minimum Gasteiger partial charge on any atom is -0.487 e. The third-order valence-electron chi connectivity index (χ3n) is 2.58. The Bertz CT molecular complexity index is 514. The van der Waals surface area contributed by atoms with E-state index < -0.39 is 0 Å². The average Bonchev–Trinajstić information content (AvgIpc) is 2.37. The van der Waals surface area contributed by atoms with Gasteiger partial charge in [-0.1, -0.05) is 12.1 Å². The van der Waals surface area contributed by atoms with Gasteiger partial charge >= 0.3 is 0 Å². The number of hydrogen-bond donors (Lipinski definition) is 1. The third-order valence-corrected chi connectivity index (χ3v) is 2.58. The molecule has 3 nitrogen and oxygen atoms in total. The van der Waals surface area contributed by atoms with E-state index in [1.165, 1.54) is 6.07 Å². The Morgan fingerprint density at radius 2 is 2.17 bits per heavy atom. The number of pyridine rings is 1. The lowest BCUT2D eigenvalue weighted by molar-refractivity contribution is 0.299. The molecule has 0 saturated heterocycles. The SMILES string of the molecule is C[C@H](N)c1ccc(OCc2ccccn2)cc1F. The summed E-state index contributed by atoms with van der Waals surface area (Å²) >= 11 is 0. The second kappa shape index (κ2) is 5.60. The average molecular weight is 246 g/mol. The Kier molecular flexibility index (Phi) is 3.89. The molecule has 0 aliphatic rings. The summed E-state index contributed by atoms with van der Waals surface area (Å²) in [7, 11) is 0. The molecule has 0 amide bonds. The highest BCUT2D eigenvalue weighted by molar-refractivity contribution is 5.30. The third kappa shape index (κ3) is 3.05. The summed E-state index contributed by atoms with van der Waals surface area (Å²) in [6.07, 6.45) is 1.69. The molecule has 94 valence electrons. The molecule has 2 rings (SSSR count). The molecule has 0 unspecified atom stereocenters. The van der Waals surface area contributed by atoms with E-state index in [4.69, 9.17) is 10.5 Å². The first-order valence-corrected chi connectivity index (χ1v) is 5.74. The van der Waals surface area contributed by atoms with Crippen molar-refractivity contribution in [3.63, 3.8) is 0 Å². The quantitative estimate of drug-likeness (QED) is 0.902. The van der Waals surface area contributed by atoms with Crippen molar-refractivity contribution < 1.29 is 9.13 Å². The first kappa shape index (κ1) is 12.5. The van der Waals surface area contributed by atoms with Crippen molar-refractivity contribution in [3.8, 4) is 5.75 Å². The van der Waals surface area contributed by atoms with E-state index >= 15 is 0 Å². The van der Waals surface area contributed by atoms with Gasteiger partial charge in [-0.25, -0.2) is 4.39 Å². The summed E-state index contributed by atoms with van der Waals surface area (Å²) < 4.78 is 19.1. The van der Waals surface area contributed by atoms with Crippen molar-refractivity contribution in [3.05, 3.63) is 59.7 Å². The van der Waals surface area contributed by atoms with E-state index in [0.29, 0.717) is 17.9 Å². The summed E-state index contributed by atoms with van der Waals surface area (Å²) in [6.45, 7) is 2.06. The molecule has 0 spiro atoms. The van der Waals surface area contributed by atoms with Crippen LogP contribution in [0.25, 0.3) is 0 Å². The number of halogens is 1. The monoisotopic (exact) mass is 246 g/mol. The summed E-state index contributed by atoms with van der Waals surface area (Å²) in [5.41, 5.74) is 6.93. The summed E-state index contributed by atoms with van der Waals surface area (Å²) in [5.74, 6) is 0.131. The van der Waals surface area contributed by atoms with E-state index in [9.17, 15) is 4.39 Å². The number of nitrogens with zero attached hydrogens (tertiary/aromatic N) is 1. The van der Waals surface area contributed by atoms with Crippen LogP contribution in [-0.2, 0) is 6.61 Å². The van der Waals surface area contributed by atoms with Crippen LogP contribution in [0.2, 0.25) is 0 Å². The number of nitrogens with two attached hydrogens (primary N) is 1. The Balaban J connectivity index is 2.05. The largest absolute Gasteiger partial charge is 0.487 e. The van der Waals surface area contributed by atoms with Crippen LogP contribution in [-0.4, -0.2) is 4.98 Å². The molecule has 0 bridgehead atoms. The molecule has 1 aromatic heterocycles. The second-order valence-electron chi connectivity index (χ2n) is 4.08. The van der Waals surface area contributed by atoms with Crippen LogP contribution in [0.4, 0.5) is 4.39 Å². The number of rotatable bonds is 4. The van der Waals surface area contributed by atoms with Crippen LogP contribution in [0.1, 0.15) is 24.2 Å². The zero-order valence-electron chi connectivity index (χ0n) is 10.1. The van der Waals surface area contributed by atoms with Gasteiger partial charge in [0.05, 0.1) is 5.69 Å². The van der Waals surface area contributed by atoms with Crippen LogP contribution in [0.3, 0.4) is 0 Å². The van der Waals surface area contributed by atoms with Gasteiger partial charge in [0.1, 0.15) is 18.2 Å². The Morgan fingerprint density at radius 3 is 2.78 bits per heavy atom. The van der Waals surface area contributed by atoms with Gasteiger partial charge in [-0.15, -0.1) is 0 Å². The van der Waals surface area contributed by atoms with Crippen LogP contribution in [0, 0.1) is 5.82 Å². The molecule has 2 aromatic rings. The van der Waals surface area contributed by atoms with Crippen LogP contribution >= 0.6 is 0 Å². The number of aromatic nitrogens is 1. The number of ether oxygens (including phenoxy) is 1. The normalized spacial score (nSPS) is 12.2. The zero-order valence-corrected chi connectivity index (χ0v) is 10.1. The molecule has 4 heteroatoms. The molecule has 1 aromatic carbocycles. The molecule has 0 saturated carbocycles. The summed E-state index contributed by atoms with van der Waals surface area (Å²) in [4.78, 5) is 4.12. The zero-order chi connectivity index (χ0) is 13.0. The van der Waals surface area contributed by atoms with Crippen molar-refractivity contribution in [2.24, 2.45) is 5.73 Å². The maximum absolute atomic E-state index is 13.7. The highest BCUT2D eigenvalue weighted by Crippen LogP contribution is 2.21. The first-order valence-electron chi connectivity index (χ1n) is 5.74. The first-order chi connectivity index (χ1) is 8.66. The standard InChI is InChI=1S/C14H15FN2O/c1-10(16)13-6-5-12(8-14(13)15)18-9-11-4-2-3-7-17-11/h2-8,10H,9,16H2,1H3/t10-/m0/s1. The van der Waals surface area contributed by atoms with Gasteiger partial charge in [-0.2, -0.15) is 0 Å². The Hall–Kier alpha value is -1.94. The summed E-state index contributed by atoms with van der Waals surface area (Å²) in [5, 5.41) is 0. The lowest BCUT2D eigenvalue weighted by atomic mass is 10.1. The van der Waals surface area contributed by atoms with E-state index in [0.717, 1.165) is 5.69 Å². The molecule has 0 radical (unpaired) electrons. The molecule has 0 fully saturated rings. The van der Waals surface area contributed by atoms with E-state index in [1.54, 1.807) is 25.3 Å². The van der Waals surface area contributed by atoms with Crippen molar-refractivity contribution in [1.82, 2.24) is 4.98 Å². The predicted octanol–water partition coefficient (Wildman–Crippen LogP) is 2.82. The van der Waals surface area contributed by atoms with Crippen molar-refractivity contribution in [1.29, 1.82) is 0 Å².